The van der Waals surface area contributed by atoms with Crippen molar-refractivity contribution in [2.45, 2.75) is 52.1 Å². The first kappa shape index (κ1) is 24.1. The van der Waals surface area contributed by atoms with Gasteiger partial charge in [0.15, 0.2) is 11.5 Å². The van der Waals surface area contributed by atoms with Crippen molar-refractivity contribution in [3.05, 3.63) is 23.3 Å². The number of carbonyl (C=O) groups is 1. The number of methoxy groups -OCH3 is 2. The smallest absolute Gasteiger partial charge is 0.410 e. The van der Waals surface area contributed by atoms with Gasteiger partial charge in [-0.1, -0.05) is 13.8 Å². The molecule has 0 unspecified atom stereocenters. The Bertz CT molecular complexity index is 830. The Balaban J connectivity index is 1.51. The summed E-state index contributed by atoms with van der Waals surface area (Å²) in [5, 5.41) is 3.34. The number of benzene rings is 1. The van der Waals surface area contributed by atoms with Gasteiger partial charge >= 0.3 is 6.09 Å². The van der Waals surface area contributed by atoms with Crippen molar-refractivity contribution in [3.63, 3.8) is 0 Å². The SMILES string of the molecule is COc1cc2c(cc1OC)[C@H]1C[C@@H](COC(=O)N3CCNC[C@@H]3C)[C@H](CC(C)C)CN1CC2. The fraction of sp³-hybridized carbons (Fsp3) is 0.731. The lowest BCUT2D eigenvalue weighted by Gasteiger charge is -2.47. The number of carbonyl (C=O) groups excluding carboxylic acids is 1. The summed E-state index contributed by atoms with van der Waals surface area (Å²) in [6, 6.07) is 4.82. The van der Waals surface area contributed by atoms with Gasteiger partial charge in [-0.05, 0) is 67.2 Å². The molecule has 2 saturated heterocycles. The first-order valence-corrected chi connectivity index (χ1v) is 12.5. The van der Waals surface area contributed by atoms with Crippen LogP contribution in [0.3, 0.4) is 0 Å². The third-order valence-electron chi connectivity index (χ3n) is 7.71. The Morgan fingerprint density at radius 1 is 1.15 bits per heavy atom. The standard InChI is InChI=1S/C26H41N3O4/c1-17(2)10-20-15-28-8-6-19-12-24(31-4)25(32-5)13-22(19)23(28)11-21(20)16-33-26(30)29-9-7-27-14-18(29)3/h12-13,17-18,20-21,23,27H,6-11,14-16H2,1-5H3/t18-,20+,21-,23+/m0/s1. The zero-order valence-corrected chi connectivity index (χ0v) is 20.9. The number of piperazine rings is 1. The van der Waals surface area contributed by atoms with Crippen molar-refractivity contribution < 1.29 is 19.0 Å². The maximum Gasteiger partial charge on any atom is 0.410 e. The number of hydrogen-bond acceptors (Lipinski definition) is 6. The van der Waals surface area contributed by atoms with Gasteiger partial charge in [0.1, 0.15) is 0 Å². The monoisotopic (exact) mass is 459 g/mol. The van der Waals surface area contributed by atoms with Gasteiger partial charge < -0.3 is 24.4 Å². The molecule has 184 valence electrons. The molecule has 4 rings (SSSR count). The summed E-state index contributed by atoms with van der Waals surface area (Å²) in [5.41, 5.74) is 2.69. The molecule has 0 aromatic heterocycles. The molecule has 0 aliphatic carbocycles. The van der Waals surface area contributed by atoms with Crippen LogP contribution in [0.4, 0.5) is 4.79 Å². The highest BCUT2D eigenvalue weighted by Crippen LogP contribution is 2.45. The van der Waals surface area contributed by atoms with Gasteiger partial charge in [-0.25, -0.2) is 4.79 Å². The molecule has 4 atom stereocenters. The average molecular weight is 460 g/mol. The van der Waals surface area contributed by atoms with Gasteiger partial charge in [0.25, 0.3) is 0 Å². The molecule has 3 aliphatic heterocycles. The second-order valence-electron chi connectivity index (χ2n) is 10.4. The molecule has 7 heteroatoms. The Labute approximate surface area is 198 Å². The van der Waals surface area contributed by atoms with Gasteiger partial charge in [-0.2, -0.15) is 0 Å². The second kappa shape index (κ2) is 10.5. The first-order chi connectivity index (χ1) is 15.9. The molecule has 1 aromatic rings. The van der Waals surface area contributed by atoms with E-state index in [4.69, 9.17) is 14.2 Å². The summed E-state index contributed by atoms with van der Waals surface area (Å²) in [6.45, 7) is 11.7. The van der Waals surface area contributed by atoms with Crippen LogP contribution in [0.2, 0.25) is 0 Å². The van der Waals surface area contributed by atoms with Gasteiger partial charge in [0, 0.05) is 44.8 Å². The topological polar surface area (TPSA) is 63.3 Å². The number of nitrogens with one attached hydrogen (secondary N) is 1. The highest BCUT2D eigenvalue weighted by atomic mass is 16.6. The number of nitrogens with zero attached hydrogens (tertiary/aromatic N) is 2. The van der Waals surface area contributed by atoms with Crippen LogP contribution in [0.1, 0.15) is 50.8 Å². The molecule has 1 N–H and O–H groups in total. The zero-order chi connectivity index (χ0) is 23.5. The summed E-state index contributed by atoms with van der Waals surface area (Å²) >= 11 is 0. The Kier molecular flexibility index (Phi) is 7.69. The predicted molar refractivity (Wildman–Crippen MR) is 129 cm³/mol. The molecule has 2 fully saturated rings. The number of amides is 1. The fourth-order valence-electron chi connectivity index (χ4n) is 5.95. The van der Waals surface area contributed by atoms with Crippen molar-refractivity contribution in [2.24, 2.45) is 17.8 Å². The van der Waals surface area contributed by atoms with Crippen LogP contribution in [-0.4, -0.2) is 75.5 Å². The minimum absolute atomic E-state index is 0.162. The molecule has 3 aliphatic rings. The Morgan fingerprint density at radius 3 is 2.61 bits per heavy atom. The molecule has 1 aromatic carbocycles. The lowest BCUT2D eigenvalue weighted by Crippen LogP contribution is -2.53. The van der Waals surface area contributed by atoms with E-state index in [0.717, 1.165) is 56.9 Å². The molecular formula is C26H41N3O4. The normalized spacial score (nSPS) is 27.6. The average Bonchev–Trinajstić information content (AvgIpc) is 2.81. The van der Waals surface area contributed by atoms with Crippen molar-refractivity contribution in [1.29, 1.82) is 0 Å². The van der Waals surface area contributed by atoms with E-state index in [-0.39, 0.29) is 12.1 Å². The van der Waals surface area contributed by atoms with Gasteiger partial charge in [-0.3, -0.25) is 4.90 Å². The van der Waals surface area contributed by atoms with Crippen LogP contribution in [-0.2, 0) is 11.2 Å². The van der Waals surface area contributed by atoms with E-state index in [9.17, 15) is 4.79 Å². The Morgan fingerprint density at radius 2 is 1.91 bits per heavy atom. The summed E-state index contributed by atoms with van der Waals surface area (Å²) in [7, 11) is 3.39. The van der Waals surface area contributed by atoms with Gasteiger partial charge in [-0.15, -0.1) is 0 Å². The van der Waals surface area contributed by atoms with Crippen molar-refractivity contribution in [3.8, 4) is 11.5 Å². The number of ether oxygens (including phenoxy) is 3. The summed E-state index contributed by atoms with van der Waals surface area (Å²) in [4.78, 5) is 17.4. The quantitative estimate of drug-likeness (QED) is 0.700. The van der Waals surface area contributed by atoms with Crippen LogP contribution in [0.25, 0.3) is 0 Å². The number of piperidine rings is 1. The van der Waals surface area contributed by atoms with Gasteiger partial charge in [0.05, 0.1) is 20.8 Å². The minimum Gasteiger partial charge on any atom is -0.493 e. The number of rotatable bonds is 6. The van der Waals surface area contributed by atoms with E-state index in [1.165, 1.54) is 11.1 Å². The predicted octanol–water partition coefficient (Wildman–Crippen LogP) is 3.72. The maximum absolute atomic E-state index is 12.9. The summed E-state index contributed by atoms with van der Waals surface area (Å²) < 4.78 is 17.1. The molecule has 3 heterocycles. The van der Waals surface area contributed by atoms with E-state index in [2.05, 4.69) is 43.1 Å². The van der Waals surface area contributed by atoms with Crippen molar-refractivity contribution >= 4 is 6.09 Å². The maximum atomic E-state index is 12.9. The first-order valence-electron chi connectivity index (χ1n) is 12.5. The summed E-state index contributed by atoms with van der Waals surface area (Å²) in [6.07, 6.45) is 3.03. The van der Waals surface area contributed by atoms with E-state index >= 15 is 0 Å². The zero-order valence-electron chi connectivity index (χ0n) is 20.9. The number of hydrogen-bond donors (Lipinski definition) is 1. The minimum atomic E-state index is -0.162. The second-order valence-corrected chi connectivity index (χ2v) is 10.4. The molecule has 0 bridgehead atoms. The molecule has 0 saturated carbocycles. The van der Waals surface area contributed by atoms with Gasteiger partial charge in [0.2, 0.25) is 0 Å². The lowest BCUT2D eigenvalue weighted by atomic mass is 9.74. The highest BCUT2D eigenvalue weighted by Gasteiger charge is 2.40. The molecule has 0 spiro atoms. The third-order valence-corrected chi connectivity index (χ3v) is 7.71. The van der Waals surface area contributed by atoms with Crippen molar-refractivity contribution in [2.75, 3.05) is 53.6 Å². The van der Waals surface area contributed by atoms with Crippen LogP contribution >= 0.6 is 0 Å². The van der Waals surface area contributed by atoms with Crippen molar-refractivity contribution in [1.82, 2.24) is 15.1 Å². The molecule has 1 amide bonds. The van der Waals surface area contributed by atoms with Crippen LogP contribution in [0.5, 0.6) is 11.5 Å². The van der Waals surface area contributed by atoms with E-state index in [0.29, 0.717) is 36.9 Å². The highest BCUT2D eigenvalue weighted by molar-refractivity contribution is 5.68. The van der Waals surface area contributed by atoms with Crippen LogP contribution < -0.4 is 14.8 Å². The lowest BCUT2D eigenvalue weighted by molar-refractivity contribution is 0.00209. The van der Waals surface area contributed by atoms with E-state index < -0.39 is 0 Å². The molecular weight excluding hydrogens is 418 g/mol. The Hall–Kier alpha value is -1.99. The largest absolute Gasteiger partial charge is 0.493 e. The van der Waals surface area contributed by atoms with E-state index in [1.54, 1.807) is 14.2 Å². The molecule has 33 heavy (non-hydrogen) atoms. The van der Waals surface area contributed by atoms with Crippen LogP contribution in [0, 0.1) is 17.8 Å². The third kappa shape index (κ3) is 5.24. The van der Waals surface area contributed by atoms with Crippen LogP contribution in [0.15, 0.2) is 12.1 Å². The summed E-state index contributed by atoms with van der Waals surface area (Å²) in [5.74, 6) is 3.11. The molecule has 0 radical (unpaired) electrons. The van der Waals surface area contributed by atoms with E-state index in [1.807, 2.05) is 4.90 Å². The number of fused-ring (bicyclic) bond motifs is 3. The molecule has 7 nitrogen and oxygen atoms in total. The fourth-order valence-corrected chi connectivity index (χ4v) is 5.95.